The second-order valence-electron chi connectivity index (χ2n) is 7.07. The fraction of sp³-hybridized carbons (Fsp3) is 0.304. The number of amides is 1. The summed E-state index contributed by atoms with van der Waals surface area (Å²) >= 11 is 3.41. The maximum absolute atomic E-state index is 13.0. The van der Waals surface area contributed by atoms with Gasteiger partial charge in [-0.25, -0.2) is 0 Å². The van der Waals surface area contributed by atoms with E-state index in [-0.39, 0.29) is 11.3 Å². The molecule has 2 aromatic rings. The fourth-order valence-electron chi connectivity index (χ4n) is 3.66. The van der Waals surface area contributed by atoms with Crippen molar-refractivity contribution in [2.45, 2.75) is 19.4 Å². The second-order valence-corrected chi connectivity index (χ2v) is 7.99. The minimum atomic E-state index is -0.687. The number of hydrogen-bond donors (Lipinski definition) is 1. The van der Waals surface area contributed by atoms with Crippen molar-refractivity contribution in [1.82, 2.24) is 4.90 Å². The van der Waals surface area contributed by atoms with Crippen LogP contribution in [0.25, 0.3) is 5.76 Å². The molecule has 1 atom stereocenters. The average Bonchev–Trinajstić information content (AvgIpc) is 2.99. The lowest BCUT2D eigenvalue weighted by atomic mass is 9.94. The molecule has 1 aliphatic heterocycles. The van der Waals surface area contributed by atoms with E-state index in [0.29, 0.717) is 30.9 Å². The first-order valence-corrected chi connectivity index (χ1v) is 10.4. The molecule has 3 rings (SSSR count). The van der Waals surface area contributed by atoms with Gasteiger partial charge in [-0.2, -0.15) is 0 Å². The molecule has 1 heterocycles. The SMILES string of the molecule is COCCCN1C(=O)C(=O)/C(=C(/O)c2ccc(OC)cc2C)[C@H]1c1ccc(Br)cc1. The zero-order valence-electron chi connectivity index (χ0n) is 17.1. The number of rotatable bonds is 7. The Labute approximate surface area is 184 Å². The molecule has 30 heavy (non-hydrogen) atoms. The molecule has 1 saturated heterocycles. The molecule has 158 valence electrons. The van der Waals surface area contributed by atoms with Crippen LogP contribution in [-0.2, 0) is 14.3 Å². The van der Waals surface area contributed by atoms with Crippen LogP contribution in [0.15, 0.2) is 52.5 Å². The standard InChI is InChI=1S/C23H24BrNO5/c1-14-13-17(30-3)9-10-18(14)21(26)19-20(15-5-7-16(24)8-6-15)25(11-4-12-29-2)23(28)22(19)27/h5-10,13,20,26H,4,11-12H2,1-3H3/b21-19+/t20-/m1/s1. The summed E-state index contributed by atoms with van der Waals surface area (Å²) in [6.07, 6.45) is 0.582. The van der Waals surface area contributed by atoms with E-state index in [1.54, 1.807) is 32.4 Å². The van der Waals surface area contributed by atoms with Crippen LogP contribution in [0, 0.1) is 6.92 Å². The van der Waals surface area contributed by atoms with Crippen molar-refractivity contribution in [2.24, 2.45) is 0 Å². The Balaban J connectivity index is 2.13. The highest BCUT2D eigenvalue weighted by Crippen LogP contribution is 2.40. The Kier molecular flexibility index (Phi) is 6.95. The first-order chi connectivity index (χ1) is 14.4. The van der Waals surface area contributed by atoms with Gasteiger partial charge in [-0.3, -0.25) is 9.59 Å². The predicted molar refractivity (Wildman–Crippen MR) is 117 cm³/mol. The van der Waals surface area contributed by atoms with Gasteiger partial charge in [0, 0.05) is 30.3 Å². The zero-order valence-corrected chi connectivity index (χ0v) is 18.7. The molecule has 1 amide bonds. The number of halogens is 1. The molecule has 0 aromatic heterocycles. The van der Waals surface area contributed by atoms with Crippen LogP contribution in [-0.4, -0.2) is 49.1 Å². The number of benzene rings is 2. The van der Waals surface area contributed by atoms with Gasteiger partial charge in [-0.15, -0.1) is 0 Å². The third kappa shape index (κ3) is 4.27. The molecular formula is C23H24BrNO5. The quantitative estimate of drug-likeness (QED) is 0.282. The lowest BCUT2D eigenvalue weighted by Crippen LogP contribution is -2.31. The van der Waals surface area contributed by atoms with Crippen molar-refractivity contribution in [3.63, 3.8) is 0 Å². The molecule has 0 radical (unpaired) electrons. The van der Waals surface area contributed by atoms with Gasteiger partial charge < -0.3 is 19.5 Å². The summed E-state index contributed by atoms with van der Waals surface area (Å²) in [5.41, 5.74) is 2.08. The molecule has 2 aromatic carbocycles. The van der Waals surface area contributed by atoms with Crippen molar-refractivity contribution in [1.29, 1.82) is 0 Å². The molecule has 7 heteroatoms. The number of aliphatic hydroxyl groups excluding tert-OH is 1. The number of carbonyl (C=O) groups excluding carboxylic acids is 2. The monoisotopic (exact) mass is 473 g/mol. The van der Waals surface area contributed by atoms with Gasteiger partial charge in [0.25, 0.3) is 11.7 Å². The number of Topliss-reactive ketones (excluding diaryl/α,β-unsaturated/α-hetero) is 1. The number of hydrogen-bond acceptors (Lipinski definition) is 5. The molecule has 0 aliphatic carbocycles. The van der Waals surface area contributed by atoms with Crippen LogP contribution < -0.4 is 4.74 Å². The second kappa shape index (κ2) is 9.45. The molecule has 0 saturated carbocycles. The molecular weight excluding hydrogens is 450 g/mol. The number of ether oxygens (including phenoxy) is 2. The topological polar surface area (TPSA) is 76.1 Å². The Hall–Kier alpha value is -2.64. The first kappa shape index (κ1) is 22.1. The molecule has 1 N–H and O–H groups in total. The van der Waals surface area contributed by atoms with E-state index in [1.165, 1.54) is 4.90 Å². The van der Waals surface area contributed by atoms with Crippen LogP contribution in [0.5, 0.6) is 5.75 Å². The summed E-state index contributed by atoms with van der Waals surface area (Å²) in [5, 5.41) is 11.1. The predicted octanol–water partition coefficient (Wildman–Crippen LogP) is 4.22. The normalized spacial score (nSPS) is 18.1. The lowest BCUT2D eigenvalue weighted by molar-refractivity contribution is -0.140. The van der Waals surface area contributed by atoms with Crippen LogP contribution in [0.1, 0.15) is 29.2 Å². The number of likely N-dealkylation sites (tertiary alicyclic amines) is 1. The third-order valence-electron chi connectivity index (χ3n) is 5.16. The van der Waals surface area contributed by atoms with Gasteiger partial charge >= 0.3 is 0 Å². The Morgan fingerprint density at radius 3 is 2.43 bits per heavy atom. The van der Waals surface area contributed by atoms with Crippen molar-refractivity contribution >= 4 is 33.4 Å². The number of nitrogens with zero attached hydrogens (tertiary/aromatic N) is 1. The zero-order chi connectivity index (χ0) is 21.8. The first-order valence-electron chi connectivity index (χ1n) is 9.56. The van der Waals surface area contributed by atoms with E-state index in [4.69, 9.17) is 9.47 Å². The van der Waals surface area contributed by atoms with E-state index >= 15 is 0 Å². The van der Waals surface area contributed by atoms with Crippen molar-refractivity contribution < 1.29 is 24.2 Å². The highest BCUT2D eigenvalue weighted by atomic mass is 79.9. The van der Waals surface area contributed by atoms with Gasteiger partial charge in [-0.05, 0) is 54.8 Å². The summed E-state index contributed by atoms with van der Waals surface area (Å²) in [5.74, 6) is -0.844. The number of carbonyl (C=O) groups is 2. The third-order valence-corrected chi connectivity index (χ3v) is 5.69. The summed E-state index contributed by atoms with van der Waals surface area (Å²) in [4.78, 5) is 27.3. The summed E-state index contributed by atoms with van der Waals surface area (Å²) in [6.45, 7) is 2.63. The lowest BCUT2D eigenvalue weighted by Gasteiger charge is -2.25. The van der Waals surface area contributed by atoms with E-state index in [1.807, 2.05) is 31.2 Å². The van der Waals surface area contributed by atoms with Gasteiger partial charge in [0.2, 0.25) is 0 Å². The Morgan fingerprint density at radius 2 is 1.83 bits per heavy atom. The number of aryl methyl sites for hydroxylation is 1. The van der Waals surface area contributed by atoms with Gasteiger partial charge in [0.1, 0.15) is 11.5 Å². The van der Waals surface area contributed by atoms with E-state index in [2.05, 4.69) is 15.9 Å². The molecule has 1 aliphatic rings. The highest BCUT2D eigenvalue weighted by molar-refractivity contribution is 9.10. The van der Waals surface area contributed by atoms with Crippen LogP contribution in [0.4, 0.5) is 0 Å². The summed E-state index contributed by atoms with van der Waals surface area (Å²) in [7, 11) is 3.15. The minimum Gasteiger partial charge on any atom is -0.507 e. The Morgan fingerprint density at radius 1 is 1.13 bits per heavy atom. The van der Waals surface area contributed by atoms with E-state index in [0.717, 1.165) is 15.6 Å². The average molecular weight is 474 g/mol. The molecule has 0 spiro atoms. The number of ketones is 1. The minimum absolute atomic E-state index is 0.0907. The summed E-state index contributed by atoms with van der Waals surface area (Å²) < 4.78 is 11.2. The Bertz CT molecular complexity index is 984. The van der Waals surface area contributed by atoms with Crippen molar-refractivity contribution in [2.75, 3.05) is 27.4 Å². The van der Waals surface area contributed by atoms with Gasteiger partial charge in [0.05, 0.1) is 18.7 Å². The molecule has 0 unspecified atom stereocenters. The van der Waals surface area contributed by atoms with Gasteiger partial charge in [0.15, 0.2) is 0 Å². The smallest absolute Gasteiger partial charge is 0.295 e. The fourth-order valence-corrected chi connectivity index (χ4v) is 3.92. The maximum atomic E-state index is 13.0. The number of aliphatic hydroxyl groups is 1. The molecule has 1 fully saturated rings. The van der Waals surface area contributed by atoms with Crippen LogP contribution >= 0.6 is 15.9 Å². The maximum Gasteiger partial charge on any atom is 0.295 e. The van der Waals surface area contributed by atoms with Gasteiger partial charge in [-0.1, -0.05) is 28.1 Å². The van der Waals surface area contributed by atoms with Crippen LogP contribution in [0.2, 0.25) is 0 Å². The summed E-state index contributed by atoms with van der Waals surface area (Å²) in [6, 6.07) is 11.9. The van der Waals surface area contributed by atoms with E-state index in [9.17, 15) is 14.7 Å². The van der Waals surface area contributed by atoms with Crippen LogP contribution in [0.3, 0.4) is 0 Å². The largest absolute Gasteiger partial charge is 0.507 e. The molecule has 6 nitrogen and oxygen atoms in total. The van der Waals surface area contributed by atoms with Crippen molar-refractivity contribution in [3.8, 4) is 5.75 Å². The number of methoxy groups -OCH3 is 2. The highest BCUT2D eigenvalue weighted by Gasteiger charge is 2.45. The van der Waals surface area contributed by atoms with E-state index < -0.39 is 17.7 Å². The molecule has 0 bridgehead atoms. The van der Waals surface area contributed by atoms with Crippen molar-refractivity contribution in [3.05, 3.63) is 69.2 Å².